The highest BCUT2D eigenvalue weighted by Crippen LogP contribution is 2.17. The molecule has 4 nitrogen and oxygen atoms in total. The van der Waals surface area contributed by atoms with E-state index in [2.05, 4.69) is 4.98 Å². The maximum Gasteiger partial charge on any atom is 0.138 e. The van der Waals surface area contributed by atoms with Crippen LogP contribution in [0.1, 0.15) is 16.8 Å². The van der Waals surface area contributed by atoms with Crippen LogP contribution in [0.4, 0.5) is 0 Å². The minimum atomic E-state index is 0.163. The highest BCUT2D eigenvalue weighted by Gasteiger charge is 2.03. The Bertz CT molecular complexity index is 538. The molecule has 1 aromatic heterocycles. The van der Waals surface area contributed by atoms with Crippen LogP contribution in [0.25, 0.3) is 0 Å². The van der Waals surface area contributed by atoms with Gasteiger partial charge in [0.25, 0.3) is 0 Å². The fourth-order valence-electron chi connectivity index (χ4n) is 1.90. The molecule has 0 aliphatic heterocycles. The molecule has 3 N–H and O–H groups in total. The molecule has 0 aliphatic carbocycles. The Kier molecular flexibility index (Phi) is 4.36. The summed E-state index contributed by atoms with van der Waals surface area (Å²) in [5, 5.41) is 9.52. The van der Waals surface area contributed by atoms with Crippen LogP contribution in [0.2, 0.25) is 0 Å². The molecule has 0 fully saturated rings. The van der Waals surface area contributed by atoms with Crippen molar-refractivity contribution in [1.82, 2.24) is 4.98 Å². The summed E-state index contributed by atoms with van der Waals surface area (Å²) in [4.78, 5) is 4.21. The lowest BCUT2D eigenvalue weighted by atomic mass is 10.1. The standard InChI is InChI=1S/C15H18N2O2/c1-19-14-6-3-11(4-7-14)2-5-13-8-12(9-16)15(18)10-17-13/h3-4,6-8,10,18H,2,5,9,16H2,1H3. The van der Waals surface area contributed by atoms with Crippen molar-refractivity contribution in [2.75, 3.05) is 7.11 Å². The molecular weight excluding hydrogens is 240 g/mol. The minimum absolute atomic E-state index is 0.163. The maximum atomic E-state index is 9.52. The topological polar surface area (TPSA) is 68.4 Å². The molecule has 1 aromatic carbocycles. The van der Waals surface area contributed by atoms with Gasteiger partial charge < -0.3 is 15.6 Å². The number of benzene rings is 1. The number of aromatic hydroxyl groups is 1. The van der Waals surface area contributed by atoms with E-state index in [0.29, 0.717) is 6.54 Å². The average molecular weight is 258 g/mol. The van der Waals surface area contributed by atoms with Crippen LogP contribution < -0.4 is 10.5 Å². The number of methoxy groups -OCH3 is 1. The average Bonchev–Trinajstić information content (AvgIpc) is 2.47. The summed E-state index contributed by atoms with van der Waals surface area (Å²) in [5.41, 5.74) is 8.46. The number of aromatic nitrogens is 1. The predicted octanol–water partition coefficient (Wildman–Crippen LogP) is 2.04. The van der Waals surface area contributed by atoms with E-state index in [4.69, 9.17) is 10.5 Å². The zero-order valence-corrected chi connectivity index (χ0v) is 11.0. The van der Waals surface area contributed by atoms with Gasteiger partial charge in [-0.25, -0.2) is 0 Å². The van der Waals surface area contributed by atoms with E-state index in [1.54, 1.807) is 7.11 Å². The van der Waals surface area contributed by atoms with E-state index in [9.17, 15) is 5.11 Å². The predicted molar refractivity (Wildman–Crippen MR) is 74.2 cm³/mol. The molecule has 0 spiro atoms. The van der Waals surface area contributed by atoms with E-state index < -0.39 is 0 Å². The molecule has 0 radical (unpaired) electrons. The van der Waals surface area contributed by atoms with Crippen molar-refractivity contribution in [3.8, 4) is 11.5 Å². The molecule has 0 atom stereocenters. The number of hydrogen-bond donors (Lipinski definition) is 2. The first-order valence-electron chi connectivity index (χ1n) is 6.22. The van der Waals surface area contributed by atoms with Gasteiger partial charge in [0, 0.05) is 17.8 Å². The van der Waals surface area contributed by atoms with Crippen LogP contribution in [0, 0.1) is 0 Å². The van der Waals surface area contributed by atoms with Crippen LogP contribution in [-0.4, -0.2) is 17.2 Å². The number of pyridine rings is 1. The molecular formula is C15H18N2O2. The molecule has 0 bridgehead atoms. The summed E-state index contributed by atoms with van der Waals surface area (Å²) in [6.45, 7) is 0.323. The number of nitrogens with two attached hydrogens (primary N) is 1. The number of aryl methyl sites for hydroxylation is 2. The van der Waals surface area contributed by atoms with Crippen molar-refractivity contribution in [2.45, 2.75) is 19.4 Å². The largest absolute Gasteiger partial charge is 0.506 e. The van der Waals surface area contributed by atoms with Gasteiger partial charge in [-0.1, -0.05) is 12.1 Å². The normalized spacial score (nSPS) is 10.4. The van der Waals surface area contributed by atoms with E-state index in [1.165, 1.54) is 11.8 Å². The molecule has 0 saturated heterocycles. The monoisotopic (exact) mass is 258 g/mol. The Balaban J connectivity index is 2.01. The molecule has 2 rings (SSSR count). The minimum Gasteiger partial charge on any atom is -0.506 e. The molecule has 0 amide bonds. The Morgan fingerprint density at radius 2 is 1.95 bits per heavy atom. The highest BCUT2D eigenvalue weighted by atomic mass is 16.5. The summed E-state index contributed by atoms with van der Waals surface area (Å²) in [6, 6.07) is 9.85. The van der Waals surface area contributed by atoms with Gasteiger partial charge in [-0.3, -0.25) is 4.98 Å². The summed E-state index contributed by atoms with van der Waals surface area (Å²) in [7, 11) is 1.66. The van der Waals surface area contributed by atoms with Crippen LogP contribution >= 0.6 is 0 Å². The lowest BCUT2D eigenvalue weighted by molar-refractivity contribution is 0.414. The molecule has 100 valence electrons. The van der Waals surface area contributed by atoms with Gasteiger partial charge in [0.1, 0.15) is 11.5 Å². The molecule has 0 aliphatic rings. The third kappa shape index (κ3) is 3.45. The summed E-state index contributed by atoms with van der Waals surface area (Å²) in [5.74, 6) is 1.02. The van der Waals surface area contributed by atoms with Gasteiger partial charge in [0.2, 0.25) is 0 Å². The number of rotatable bonds is 5. The quantitative estimate of drug-likeness (QED) is 0.861. The molecule has 4 heteroatoms. The lowest BCUT2D eigenvalue weighted by Crippen LogP contribution is -2.01. The van der Waals surface area contributed by atoms with Crippen LogP contribution in [0.15, 0.2) is 36.5 Å². The zero-order valence-electron chi connectivity index (χ0n) is 11.0. The first-order valence-corrected chi connectivity index (χ1v) is 6.22. The first kappa shape index (κ1) is 13.4. The molecule has 19 heavy (non-hydrogen) atoms. The second-order valence-electron chi connectivity index (χ2n) is 4.36. The van der Waals surface area contributed by atoms with Gasteiger partial charge in [0.15, 0.2) is 0 Å². The van der Waals surface area contributed by atoms with Gasteiger partial charge in [-0.15, -0.1) is 0 Å². The summed E-state index contributed by atoms with van der Waals surface area (Å²) >= 11 is 0. The Labute approximate surface area is 112 Å². The van der Waals surface area contributed by atoms with Crippen molar-refractivity contribution in [2.24, 2.45) is 5.73 Å². The fourth-order valence-corrected chi connectivity index (χ4v) is 1.90. The van der Waals surface area contributed by atoms with Crippen molar-refractivity contribution < 1.29 is 9.84 Å². The third-order valence-corrected chi connectivity index (χ3v) is 3.07. The number of nitrogens with zero attached hydrogens (tertiary/aromatic N) is 1. The zero-order chi connectivity index (χ0) is 13.7. The Morgan fingerprint density at radius 1 is 1.21 bits per heavy atom. The molecule has 0 unspecified atom stereocenters. The van der Waals surface area contributed by atoms with E-state index in [0.717, 1.165) is 29.8 Å². The highest BCUT2D eigenvalue weighted by molar-refractivity contribution is 5.32. The third-order valence-electron chi connectivity index (χ3n) is 3.07. The van der Waals surface area contributed by atoms with Crippen molar-refractivity contribution in [3.63, 3.8) is 0 Å². The number of hydrogen-bond acceptors (Lipinski definition) is 4. The summed E-state index contributed by atoms with van der Waals surface area (Å²) < 4.78 is 5.12. The van der Waals surface area contributed by atoms with Gasteiger partial charge in [-0.2, -0.15) is 0 Å². The Morgan fingerprint density at radius 3 is 2.58 bits per heavy atom. The molecule has 1 heterocycles. The van der Waals surface area contributed by atoms with E-state index in [1.807, 2.05) is 30.3 Å². The molecule has 0 saturated carbocycles. The Hall–Kier alpha value is -2.07. The summed E-state index contributed by atoms with van der Waals surface area (Å²) in [6.07, 6.45) is 3.18. The SMILES string of the molecule is COc1ccc(CCc2cc(CN)c(O)cn2)cc1. The van der Waals surface area contributed by atoms with Crippen molar-refractivity contribution in [1.29, 1.82) is 0 Å². The second-order valence-corrected chi connectivity index (χ2v) is 4.36. The van der Waals surface area contributed by atoms with E-state index in [-0.39, 0.29) is 5.75 Å². The smallest absolute Gasteiger partial charge is 0.138 e. The van der Waals surface area contributed by atoms with Crippen molar-refractivity contribution >= 4 is 0 Å². The fraction of sp³-hybridized carbons (Fsp3) is 0.267. The van der Waals surface area contributed by atoms with Gasteiger partial charge in [0.05, 0.1) is 13.3 Å². The first-order chi connectivity index (χ1) is 9.22. The van der Waals surface area contributed by atoms with Gasteiger partial charge in [-0.05, 0) is 36.6 Å². The van der Waals surface area contributed by atoms with Crippen LogP contribution in [0.5, 0.6) is 11.5 Å². The van der Waals surface area contributed by atoms with Crippen LogP contribution in [-0.2, 0) is 19.4 Å². The molecule has 2 aromatic rings. The second kappa shape index (κ2) is 6.20. The maximum absolute atomic E-state index is 9.52. The number of ether oxygens (including phenoxy) is 1. The van der Waals surface area contributed by atoms with Crippen LogP contribution in [0.3, 0.4) is 0 Å². The van der Waals surface area contributed by atoms with E-state index >= 15 is 0 Å². The van der Waals surface area contributed by atoms with Crippen molar-refractivity contribution in [3.05, 3.63) is 53.3 Å². The van der Waals surface area contributed by atoms with Gasteiger partial charge >= 0.3 is 0 Å². The lowest BCUT2D eigenvalue weighted by Gasteiger charge is -2.06.